The lowest BCUT2D eigenvalue weighted by Crippen LogP contribution is -2.29. The number of nitrogens with one attached hydrogen (secondary N) is 1. The molecule has 1 atom stereocenters. The molecule has 0 aliphatic heterocycles. The van der Waals surface area contributed by atoms with Gasteiger partial charge in [0, 0.05) is 5.41 Å². The van der Waals surface area contributed by atoms with Crippen LogP contribution < -0.4 is 5.32 Å². The molecule has 41 heavy (non-hydrogen) atoms. The Hall–Kier alpha value is -2.87. The number of anilines is 1. The fourth-order valence-electron chi connectivity index (χ4n) is 4.85. The van der Waals surface area contributed by atoms with Crippen LogP contribution in [-0.2, 0) is 19.7 Å². The summed E-state index contributed by atoms with van der Waals surface area (Å²) in [5, 5.41) is 12.3. The van der Waals surface area contributed by atoms with Crippen molar-refractivity contribution in [2.45, 2.75) is 117 Å². The van der Waals surface area contributed by atoms with E-state index in [0.29, 0.717) is 28.7 Å². The van der Waals surface area contributed by atoms with Gasteiger partial charge in [0.2, 0.25) is 5.91 Å². The number of carbonyl (C=O) groups is 2. The summed E-state index contributed by atoms with van der Waals surface area (Å²) in [5.74, 6) is -1.88. The Labute approximate surface area is 250 Å². The molecule has 3 aromatic rings. The van der Waals surface area contributed by atoms with E-state index in [-0.39, 0.29) is 5.41 Å². The first-order chi connectivity index (χ1) is 19.6. The molecule has 1 amide bonds. The number of unbranched alkanes of at least 4 members (excludes halogenated alkanes) is 11. The first-order valence-corrected chi connectivity index (χ1v) is 15.7. The minimum atomic E-state index is -0.936. The molecular weight excluding hydrogens is 538 g/mol. The van der Waals surface area contributed by atoms with Crippen LogP contribution in [-0.4, -0.2) is 37.9 Å². The SMILES string of the molecule is CCCCCCCCCCCCCCOC(=O)C(C)C(=O)Nc1ccccc1-n1cnn2nc(C(C)(C)C)c(Cl)c12. The number of halogens is 1. The predicted octanol–water partition coefficient (Wildman–Crippen LogP) is 8.29. The first kappa shape index (κ1) is 32.6. The lowest BCUT2D eigenvalue weighted by atomic mass is 9.92. The normalized spacial score (nSPS) is 12.5. The molecule has 0 aliphatic carbocycles. The Morgan fingerprint density at radius 2 is 1.54 bits per heavy atom. The molecule has 0 radical (unpaired) electrons. The second-order valence-corrected chi connectivity index (χ2v) is 12.4. The number of carbonyl (C=O) groups excluding carboxylic acids is 2. The largest absolute Gasteiger partial charge is 0.465 e. The van der Waals surface area contributed by atoms with Gasteiger partial charge in [0.15, 0.2) is 5.65 Å². The molecule has 1 N–H and O–H groups in total. The molecule has 2 aromatic heterocycles. The van der Waals surface area contributed by atoms with Crippen LogP contribution in [0.3, 0.4) is 0 Å². The monoisotopic (exact) mass is 585 g/mol. The van der Waals surface area contributed by atoms with Gasteiger partial charge >= 0.3 is 5.97 Å². The standard InChI is InChI=1S/C32H48ClN5O3/c1-6-7-8-9-10-11-12-13-14-15-16-19-22-41-31(40)24(2)29(39)35-25-20-17-18-21-26(25)37-23-34-38-30(37)27(33)28(36-38)32(3,4)5/h17-18,20-21,23-24H,6-16,19,22H2,1-5H3,(H,35,39). The van der Waals surface area contributed by atoms with E-state index < -0.39 is 17.8 Å². The van der Waals surface area contributed by atoms with E-state index in [1.54, 1.807) is 23.9 Å². The Bertz CT molecular complexity index is 1260. The molecule has 0 spiro atoms. The molecule has 9 heteroatoms. The highest BCUT2D eigenvalue weighted by Crippen LogP contribution is 2.33. The van der Waals surface area contributed by atoms with Gasteiger partial charge in [-0.05, 0) is 25.5 Å². The Morgan fingerprint density at radius 1 is 0.951 bits per heavy atom. The van der Waals surface area contributed by atoms with E-state index in [2.05, 4.69) is 22.4 Å². The van der Waals surface area contributed by atoms with Gasteiger partial charge in [0.05, 0.1) is 23.7 Å². The predicted molar refractivity (Wildman–Crippen MR) is 166 cm³/mol. The number of rotatable bonds is 17. The van der Waals surface area contributed by atoms with Gasteiger partial charge < -0.3 is 10.1 Å². The van der Waals surface area contributed by atoms with Crippen LogP contribution in [0, 0.1) is 5.92 Å². The highest BCUT2D eigenvalue weighted by atomic mass is 35.5. The van der Waals surface area contributed by atoms with Crippen molar-refractivity contribution >= 4 is 34.8 Å². The van der Waals surface area contributed by atoms with Crippen LogP contribution >= 0.6 is 11.6 Å². The zero-order valence-corrected chi connectivity index (χ0v) is 26.3. The number of esters is 1. The average Bonchev–Trinajstić information content (AvgIpc) is 3.51. The number of aromatic nitrogens is 4. The lowest BCUT2D eigenvalue weighted by molar-refractivity contribution is -0.150. The molecule has 2 heterocycles. The summed E-state index contributed by atoms with van der Waals surface area (Å²) in [6.07, 6.45) is 16.5. The molecule has 0 bridgehead atoms. The van der Waals surface area contributed by atoms with Crippen LogP contribution in [0.1, 0.15) is 117 Å². The van der Waals surface area contributed by atoms with Crippen molar-refractivity contribution in [2.75, 3.05) is 11.9 Å². The number of fused-ring (bicyclic) bond motifs is 1. The molecule has 0 aliphatic rings. The van der Waals surface area contributed by atoms with Crippen molar-refractivity contribution in [1.82, 2.24) is 19.4 Å². The molecule has 0 saturated carbocycles. The Kier molecular flexibility index (Phi) is 12.7. The van der Waals surface area contributed by atoms with Gasteiger partial charge in [-0.15, -0.1) is 9.73 Å². The second kappa shape index (κ2) is 15.9. The highest BCUT2D eigenvalue weighted by molar-refractivity contribution is 6.34. The number of para-hydroxylation sites is 2. The maximum atomic E-state index is 13.0. The average molecular weight is 586 g/mol. The van der Waals surface area contributed by atoms with E-state index in [0.717, 1.165) is 25.0 Å². The summed E-state index contributed by atoms with van der Waals surface area (Å²) < 4.78 is 8.71. The van der Waals surface area contributed by atoms with E-state index in [9.17, 15) is 9.59 Å². The summed E-state index contributed by atoms with van der Waals surface area (Å²) in [7, 11) is 0. The van der Waals surface area contributed by atoms with Crippen molar-refractivity contribution in [3.05, 3.63) is 41.3 Å². The van der Waals surface area contributed by atoms with Gasteiger partial charge in [0.1, 0.15) is 17.3 Å². The number of nitrogens with zero attached hydrogens (tertiary/aromatic N) is 4. The summed E-state index contributed by atoms with van der Waals surface area (Å²) in [5.41, 5.74) is 2.29. The van der Waals surface area contributed by atoms with E-state index in [1.165, 1.54) is 62.4 Å². The zero-order valence-electron chi connectivity index (χ0n) is 25.5. The molecule has 3 rings (SSSR count). The third-order valence-electron chi connectivity index (χ3n) is 7.41. The summed E-state index contributed by atoms with van der Waals surface area (Å²) in [6, 6.07) is 7.32. The van der Waals surface area contributed by atoms with Gasteiger partial charge in [-0.25, -0.2) is 0 Å². The van der Waals surface area contributed by atoms with Crippen LogP contribution in [0.2, 0.25) is 5.02 Å². The fraction of sp³-hybridized carbons (Fsp3) is 0.625. The van der Waals surface area contributed by atoms with Crippen molar-refractivity contribution in [3.8, 4) is 5.69 Å². The second-order valence-electron chi connectivity index (χ2n) is 12.0. The summed E-state index contributed by atoms with van der Waals surface area (Å²) in [6.45, 7) is 10.3. The van der Waals surface area contributed by atoms with Crippen molar-refractivity contribution in [1.29, 1.82) is 0 Å². The Balaban J connectivity index is 1.45. The van der Waals surface area contributed by atoms with Crippen molar-refractivity contribution in [2.24, 2.45) is 5.92 Å². The van der Waals surface area contributed by atoms with Crippen LogP contribution in [0.15, 0.2) is 30.6 Å². The quantitative estimate of drug-likeness (QED) is 0.0977. The smallest absolute Gasteiger partial charge is 0.318 e. The molecule has 1 aromatic carbocycles. The maximum Gasteiger partial charge on any atom is 0.318 e. The Morgan fingerprint density at radius 3 is 2.15 bits per heavy atom. The number of amides is 1. The van der Waals surface area contributed by atoms with Gasteiger partial charge in [-0.3, -0.25) is 14.2 Å². The molecular formula is C32H48ClN5O3. The first-order valence-electron chi connectivity index (χ1n) is 15.3. The van der Waals surface area contributed by atoms with E-state index in [4.69, 9.17) is 16.3 Å². The third-order valence-corrected chi connectivity index (χ3v) is 7.76. The van der Waals surface area contributed by atoms with Gasteiger partial charge in [-0.2, -0.15) is 5.10 Å². The zero-order chi connectivity index (χ0) is 29.8. The van der Waals surface area contributed by atoms with Crippen LogP contribution in [0.5, 0.6) is 0 Å². The lowest BCUT2D eigenvalue weighted by Gasteiger charge is -2.16. The fourth-order valence-corrected chi connectivity index (χ4v) is 5.34. The summed E-state index contributed by atoms with van der Waals surface area (Å²) in [4.78, 5) is 25.6. The van der Waals surface area contributed by atoms with Crippen molar-refractivity contribution in [3.63, 3.8) is 0 Å². The van der Waals surface area contributed by atoms with Crippen LogP contribution in [0.4, 0.5) is 5.69 Å². The van der Waals surface area contributed by atoms with Gasteiger partial charge in [0.25, 0.3) is 0 Å². The minimum absolute atomic E-state index is 0.258. The molecule has 0 fully saturated rings. The molecule has 0 saturated heterocycles. The van der Waals surface area contributed by atoms with Crippen LogP contribution in [0.25, 0.3) is 11.3 Å². The number of hydrogen-bond donors (Lipinski definition) is 1. The third kappa shape index (κ3) is 9.32. The number of hydrogen-bond acceptors (Lipinski definition) is 5. The van der Waals surface area contributed by atoms with E-state index in [1.807, 2.05) is 39.0 Å². The number of ether oxygens (including phenoxy) is 1. The minimum Gasteiger partial charge on any atom is -0.465 e. The van der Waals surface area contributed by atoms with E-state index >= 15 is 0 Å². The molecule has 226 valence electrons. The summed E-state index contributed by atoms with van der Waals surface area (Å²) >= 11 is 6.72. The maximum absolute atomic E-state index is 13.0. The topological polar surface area (TPSA) is 90.5 Å². The molecule has 8 nitrogen and oxygen atoms in total. The number of benzene rings is 1. The van der Waals surface area contributed by atoms with Crippen molar-refractivity contribution < 1.29 is 14.3 Å². The molecule has 1 unspecified atom stereocenters. The highest BCUT2D eigenvalue weighted by Gasteiger charge is 2.27. The van der Waals surface area contributed by atoms with Gasteiger partial charge in [-0.1, -0.05) is 122 Å².